The second kappa shape index (κ2) is 6.68. The third kappa shape index (κ3) is 3.96. The topological polar surface area (TPSA) is 55.1 Å². The fraction of sp³-hybridized carbons (Fsp3) is 0.182. The molecule has 0 saturated heterocycles. The number of halogens is 2. The van der Waals surface area contributed by atoms with E-state index in [1.54, 1.807) is 24.3 Å². The molecule has 3 nitrogen and oxygen atoms in total. The maximum absolute atomic E-state index is 11.6. The third-order valence-corrected chi connectivity index (χ3v) is 3.08. The highest BCUT2D eigenvalue weighted by molar-refractivity contribution is 9.10. The Morgan fingerprint density at radius 1 is 1.50 bits per heavy atom. The predicted octanol–water partition coefficient (Wildman–Crippen LogP) is 2.35. The van der Waals surface area contributed by atoms with Crippen LogP contribution in [0.5, 0.6) is 0 Å². The van der Waals surface area contributed by atoms with Gasteiger partial charge in [0.25, 0.3) is 5.91 Å². The van der Waals surface area contributed by atoms with Crippen molar-refractivity contribution in [2.24, 2.45) is 5.73 Å². The first-order chi connectivity index (χ1) is 7.65. The Bertz CT molecular complexity index is 407. The van der Waals surface area contributed by atoms with Crippen molar-refractivity contribution >= 4 is 33.4 Å². The Morgan fingerprint density at radius 3 is 2.88 bits per heavy atom. The Labute approximate surface area is 108 Å². The summed E-state index contributed by atoms with van der Waals surface area (Å²) in [6.45, 7) is 0.943. The summed E-state index contributed by atoms with van der Waals surface area (Å²) < 4.78 is 0.708. The second-order valence-electron chi connectivity index (χ2n) is 3.05. The Morgan fingerprint density at radius 2 is 2.25 bits per heavy atom. The minimum atomic E-state index is -0.140. The summed E-state index contributed by atoms with van der Waals surface area (Å²) in [6, 6.07) is 5.04. The van der Waals surface area contributed by atoms with Crippen molar-refractivity contribution in [1.29, 1.82) is 0 Å². The van der Waals surface area contributed by atoms with Crippen LogP contribution in [0.2, 0.25) is 5.02 Å². The van der Waals surface area contributed by atoms with Crippen molar-refractivity contribution in [2.75, 3.05) is 13.1 Å². The summed E-state index contributed by atoms with van der Waals surface area (Å²) in [5.74, 6) is -0.140. The first-order valence-corrected chi connectivity index (χ1v) is 5.90. The number of benzene rings is 1. The van der Waals surface area contributed by atoms with Crippen molar-refractivity contribution in [3.8, 4) is 0 Å². The lowest BCUT2D eigenvalue weighted by molar-refractivity contribution is 0.0958. The van der Waals surface area contributed by atoms with Crippen molar-refractivity contribution in [2.45, 2.75) is 0 Å². The van der Waals surface area contributed by atoms with Gasteiger partial charge in [-0.2, -0.15) is 0 Å². The molecule has 0 heterocycles. The molecule has 1 aromatic rings. The fourth-order valence-corrected chi connectivity index (χ4v) is 1.57. The molecule has 1 aromatic carbocycles. The van der Waals surface area contributed by atoms with E-state index in [9.17, 15) is 4.79 Å². The largest absolute Gasteiger partial charge is 0.349 e. The molecule has 86 valence electrons. The van der Waals surface area contributed by atoms with E-state index in [1.807, 2.05) is 6.08 Å². The summed E-state index contributed by atoms with van der Waals surface area (Å²) in [5.41, 5.74) is 5.84. The highest BCUT2D eigenvalue weighted by Gasteiger charge is 2.06. The molecule has 0 bridgehead atoms. The third-order valence-electron chi connectivity index (χ3n) is 1.87. The van der Waals surface area contributed by atoms with Crippen molar-refractivity contribution < 1.29 is 4.79 Å². The number of amides is 1. The van der Waals surface area contributed by atoms with Gasteiger partial charge in [0, 0.05) is 23.1 Å². The molecule has 0 fully saturated rings. The van der Waals surface area contributed by atoms with Gasteiger partial charge in [-0.25, -0.2) is 0 Å². The molecule has 0 atom stereocenters. The van der Waals surface area contributed by atoms with Crippen LogP contribution in [0.25, 0.3) is 0 Å². The summed E-state index contributed by atoms with van der Waals surface area (Å²) in [7, 11) is 0. The van der Waals surface area contributed by atoms with Gasteiger partial charge >= 0.3 is 0 Å². The lowest BCUT2D eigenvalue weighted by atomic mass is 10.2. The number of carbonyl (C=O) groups is 1. The smallest absolute Gasteiger partial charge is 0.251 e. The molecule has 0 aliphatic carbocycles. The highest BCUT2D eigenvalue weighted by Crippen LogP contribution is 2.23. The van der Waals surface area contributed by atoms with Crippen LogP contribution in [-0.2, 0) is 0 Å². The van der Waals surface area contributed by atoms with Gasteiger partial charge in [-0.15, -0.1) is 0 Å². The van der Waals surface area contributed by atoms with Crippen LogP contribution in [0.3, 0.4) is 0 Å². The molecule has 1 rings (SSSR count). The molecule has 16 heavy (non-hydrogen) atoms. The number of hydrogen-bond acceptors (Lipinski definition) is 2. The number of nitrogens with one attached hydrogen (secondary N) is 1. The van der Waals surface area contributed by atoms with Gasteiger partial charge in [0.05, 0.1) is 5.02 Å². The molecule has 0 spiro atoms. The van der Waals surface area contributed by atoms with Crippen molar-refractivity contribution in [3.63, 3.8) is 0 Å². The Hall–Kier alpha value is -0.840. The molecule has 0 aliphatic rings. The van der Waals surface area contributed by atoms with Gasteiger partial charge in [-0.1, -0.05) is 23.8 Å². The quantitative estimate of drug-likeness (QED) is 0.839. The molecule has 5 heteroatoms. The molecule has 3 N–H and O–H groups in total. The Kier molecular flexibility index (Phi) is 5.52. The minimum Gasteiger partial charge on any atom is -0.349 e. The lowest BCUT2D eigenvalue weighted by Gasteiger charge is -2.03. The zero-order valence-corrected chi connectivity index (χ0v) is 10.9. The van der Waals surface area contributed by atoms with E-state index < -0.39 is 0 Å². The van der Waals surface area contributed by atoms with E-state index in [0.29, 0.717) is 28.1 Å². The molecular weight excluding hydrogens is 291 g/mol. The Balaban J connectivity index is 2.59. The van der Waals surface area contributed by atoms with E-state index in [2.05, 4.69) is 21.2 Å². The summed E-state index contributed by atoms with van der Waals surface area (Å²) in [4.78, 5) is 11.6. The zero-order chi connectivity index (χ0) is 12.0. The molecule has 0 aliphatic heterocycles. The van der Waals surface area contributed by atoms with Crippen LogP contribution in [0.4, 0.5) is 0 Å². The predicted molar refractivity (Wildman–Crippen MR) is 69.7 cm³/mol. The van der Waals surface area contributed by atoms with E-state index in [-0.39, 0.29) is 5.91 Å². The van der Waals surface area contributed by atoms with Crippen molar-refractivity contribution in [1.82, 2.24) is 5.32 Å². The maximum atomic E-state index is 11.6. The fourth-order valence-electron chi connectivity index (χ4n) is 1.07. The molecule has 1 amide bonds. The SMILES string of the molecule is NC/C=C/CNC(=O)c1ccc(Cl)c(Br)c1. The van der Waals surface area contributed by atoms with Crippen LogP contribution in [0.1, 0.15) is 10.4 Å². The number of hydrogen-bond donors (Lipinski definition) is 2. The van der Waals surface area contributed by atoms with Gasteiger partial charge in [-0.05, 0) is 34.1 Å². The standard InChI is InChI=1S/C11H12BrClN2O/c12-9-7-8(3-4-10(9)13)11(16)15-6-2-1-5-14/h1-4,7H,5-6,14H2,(H,15,16)/b2-1+. The molecular formula is C11H12BrClN2O. The van der Waals surface area contributed by atoms with E-state index >= 15 is 0 Å². The van der Waals surface area contributed by atoms with Crippen LogP contribution in [-0.4, -0.2) is 19.0 Å². The average molecular weight is 304 g/mol. The number of carbonyl (C=O) groups excluding carboxylic acids is 1. The first kappa shape index (κ1) is 13.2. The number of nitrogens with two attached hydrogens (primary N) is 1. The van der Waals surface area contributed by atoms with Gasteiger partial charge in [0.15, 0.2) is 0 Å². The number of rotatable bonds is 4. The highest BCUT2D eigenvalue weighted by atomic mass is 79.9. The molecule has 0 radical (unpaired) electrons. The van der Waals surface area contributed by atoms with E-state index in [4.69, 9.17) is 17.3 Å². The molecule has 0 saturated carbocycles. The monoisotopic (exact) mass is 302 g/mol. The summed E-state index contributed by atoms with van der Waals surface area (Å²) >= 11 is 9.09. The minimum absolute atomic E-state index is 0.140. The lowest BCUT2D eigenvalue weighted by Crippen LogP contribution is -2.23. The zero-order valence-electron chi connectivity index (χ0n) is 8.54. The summed E-state index contributed by atoms with van der Waals surface area (Å²) in [5, 5.41) is 3.32. The normalized spacial score (nSPS) is 10.7. The molecule has 0 unspecified atom stereocenters. The van der Waals surface area contributed by atoms with Gasteiger partial charge < -0.3 is 11.1 Å². The van der Waals surface area contributed by atoms with E-state index in [0.717, 1.165) is 0 Å². The van der Waals surface area contributed by atoms with Gasteiger partial charge in [0.2, 0.25) is 0 Å². The van der Waals surface area contributed by atoms with Gasteiger partial charge in [-0.3, -0.25) is 4.79 Å². The van der Waals surface area contributed by atoms with Crippen LogP contribution < -0.4 is 11.1 Å². The molecule has 0 aromatic heterocycles. The van der Waals surface area contributed by atoms with Crippen molar-refractivity contribution in [3.05, 3.63) is 45.4 Å². The second-order valence-corrected chi connectivity index (χ2v) is 4.31. The van der Waals surface area contributed by atoms with E-state index in [1.165, 1.54) is 0 Å². The average Bonchev–Trinajstić information content (AvgIpc) is 2.28. The van der Waals surface area contributed by atoms with Gasteiger partial charge in [0.1, 0.15) is 0 Å². The summed E-state index contributed by atoms with van der Waals surface area (Å²) in [6.07, 6.45) is 3.60. The van der Waals surface area contributed by atoms with Crippen LogP contribution >= 0.6 is 27.5 Å². The van der Waals surface area contributed by atoms with Crippen LogP contribution in [0.15, 0.2) is 34.8 Å². The van der Waals surface area contributed by atoms with Crippen LogP contribution in [0, 0.1) is 0 Å². The maximum Gasteiger partial charge on any atom is 0.251 e. The first-order valence-electron chi connectivity index (χ1n) is 4.73.